The largest absolute Gasteiger partial charge is 0.325 e. The van der Waals surface area contributed by atoms with Crippen molar-refractivity contribution in [1.82, 2.24) is 0 Å². The molecule has 0 aromatic carbocycles. The van der Waals surface area contributed by atoms with Crippen LogP contribution in [0.15, 0.2) is 0 Å². The summed E-state index contributed by atoms with van der Waals surface area (Å²) in [6.07, 6.45) is 0.445. The topological polar surface area (TPSA) is 26.0 Å². The average Bonchev–Trinajstić information content (AvgIpc) is 2.06. The molecule has 1 heterocycles. The minimum absolute atomic E-state index is 0.0653. The molecule has 1 aliphatic rings. The van der Waals surface area contributed by atoms with Gasteiger partial charge in [-0.1, -0.05) is 0 Å². The van der Waals surface area contributed by atoms with Crippen molar-refractivity contribution in [1.29, 1.82) is 0 Å². The molecule has 72 valence electrons. The summed E-state index contributed by atoms with van der Waals surface area (Å²) in [5.41, 5.74) is 2.45. The first kappa shape index (κ1) is 10.2. The van der Waals surface area contributed by atoms with Crippen molar-refractivity contribution in [3.63, 3.8) is 0 Å². The number of nitrogens with two attached hydrogens (primary N) is 1. The van der Waals surface area contributed by atoms with Gasteiger partial charge in [-0.3, -0.25) is 0 Å². The van der Waals surface area contributed by atoms with Gasteiger partial charge in [0.25, 0.3) is 5.92 Å². The SMILES string of the molecule is NCC(F)(F)C1(F)CCCSC1. The van der Waals surface area contributed by atoms with Crippen LogP contribution >= 0.6 is 11.8 Å². The summed E-state index contributed by atoms with van der Waals surface area (Å²) in [4.78, 5) is 0. The van der Waals surface area contributed by atoms with Crippen LogP contribution in [-0.2, 0) is 0 Å². The predicted octanol–water partition coefficient (Wildman–Crippen LogP) is 1.82. The lowest BCUT2D eigenvalue weighted by Crippen LogP contribution is -2.52. The summed E-state index contributed by atoms with van der Waals surface area (Å²) in [6, 6.07) is 0. The van der Waals surface area contributed by atoms with Crippen molar-refractivity contribution in [3.05, 3.63) is 0 Å². The fourth-order valence-corrected chi connectivity index (χ4v) is 2.40. The highest BCUT2D eigenvalue weighted by molar-refractivity contribution is 7.99. The minimum Gasteiger partial charge on any atom is -0.325 e. The Balaban J connectivity index is 2.68. The van der Waals surface area contributed by atoms with Gasteiger partial charge in [-0.15, -0.1) is 0 Å². The second kappa shape index (κ2) is 3.46. The van der Waals surface area contributed by atoms with E-state index in [1.54, 1.807) is 0 Å². The molecule has 0 aliphatic carbocycles. The maximum absolute atomic E-state index is 13.5. The molecule has 0 saturated carbocycles. The van der Waals surface area contributed by atoms with Crippen LogP contribution in [0, 0.1) is 0 Å². The number of hydrogen-bond donors (Lipinski definition) is 1. The Morgan fingerprint density at radius 1 is 1.50 bits per heavy atom. The summed E-state index contributed by atoms with van der Waals surface area (Å²) < 4.78 is 39.3. The van der Waals surface area contributed by atoms with Gasteiger partial charge >= 0.3 is 0 Å². The Labute approximate surface area is 73.9 Å². The molecule has 0 radical (unpaired) electrons. The van der Waals surface area contributed by atoms with E-state index in [2.05, 4.69) is 0 Å². The lowest BCUT2D eigenvalue weighted by molar-refractivity contribution is -0.123. The Hall–Kier alpha value is 0.100. The lowest BCUT2D eigenvalue weighted by atomic mass is 9.94. The van der Waals surface area contributed by atoms with E-state index in [0.29, 0.717) is 6.42 Å². The number of alkyl halides is 3. The van der Waals surface area contributed by atoms with Crippen molar-refractivity contribution in [2.75, 3.05) is 18.1 Å². The maximum atomic E-state index is 13.5. The molecule has 1 atom stereocenters. The summed E-state index contributed by atoms with van der Waals surface area (Å²) in [5.74, 6) is -2.72. The first-order chi connectivity index (χ1) is 5.52. The standard InChI is InChI=1S/C7H12F3NS/c8-6(7(9,10)4-11)2-1-3-12-5-6/h1-5,11H2. The van der Waals surface area contributed by atoms with Crippen molar-refractivity contribution < 1.29 is 13.2 Å². The van der Waals surface area contributed by atoms with E-state index in [9.17, 15) is 13.2 Å². The van der Waals surface area contributed by atoms with E-state index in [1.807, 2.05) is 0 Å². The lowest BCUT2D eigenvalue weighted by Gasteiger charge is -2.35. The molecule has 0 aromatic heterocycles. The van der Waals surface area contributed by atoms with Crippen molar-refractivity contribution in [2.45, 2.75) is 24.4 Å². The van der Waals surface area contributed by atoms with Gasteiger partial charge in [-0.2, -0.15) is 11.8 Å². The third kappa shape index (κ3) is 1.71. The zero-order valence-corrected chi connectivity index (χ0v) is 7.47. The van der Waals surface area contributed by atoms with E-state index in [0.717, 1.165) is 5.75 Å². The molecule has 1 unspecified atom stereocenters. The van der Waals surface area contributed by atoms with Crippen LogP contribution in [0.5, 0.6) is 0 Å². The van der Waals surface area contributed by atoms with Gasteiger partial charge in [0.1, 0.15) is 0 Å². The van der Waals surface area contributed by atoms with E-state index in [-0.39, 0.29) is 12.2 Å². The van der Waals surface area contributed by atoms with Gasteiger partial charge in [-0.05, 0) is 18.6 Å². The van der Waals surface area contributed by atoms with Gasteiger partial charge < -0.3 is 5.73 Å². The molecular formula is C7H12F3NS. The minimum atomic E-state index is -3.36. The van der Waals surface area contributed by atoms with Crippen LogP contribution in [0.4, 0.5) is 13.2 Å². The average molecular weight is 199 g/mol. The maximum Gasteiger partial charge on any atom is 0.294 e. The number of rotatable bonds is 2. The molecule has 2 N–H and O–H groups in total. The molecule has 1 aliphatic heterocycles. The van der Waals surface area contributed by atoms with Gasteiger partial charge in [-0.25, -0.2) is 13.2 Å². The second-order valence-electron chi connectivity index (χ2n) is 3.03. The highest BCUT2D eigenvalue weighted by Gasteiger charge is 2.53. The molecule has 0 amide bonds. The molecule has 1 saturated heterocycles. The molecule has 0 aromatic rings. The monoisotopic (exact) mass is 199 g/mol. The predicted molar refractivity (Wildman–Crippen MR) is 44.4 cm³/mol. The van der Waals surface area contributed by atoms with Crippen LogP contribution in [0.2, 0.25) is 0 Å². The quantitative estimate of drug-likeness (QED) is 0.734. The van der Waals surface area contributed by atoms with Gasteiger partial charge in [0.05, 0.1) is 6.54 Å². The number of thioether (sulfide) groups is 1. The number of hydrogen-bond acceptors (Lipinski definition) is 2. The van der Waals surface area contributed by atoms with Crippen LogP contribution in [-0.4, -0.2) is 29.6 Å². The Morgan fingerprint density at radius 3 is 2.58 bits per heavy atom. The molecule has 1 nitrogen and oxygen atoms in total. The Bertz CT molecular complexity index is 157. The van der Waals surface area contributed by atoms with Crippen molar-refractivity contribution >= 4 is 11.8 Å². The van der Waals surface area contributed by atoms with E-state index < -0.39 is 18.1 Å². The third-order valence-electron chi connectivity index (χ3n) is 2.10. The molecular weight excluding hydrogens is 187 g/mol. The first-order valence-corrected chi connectivity index (χ1v) is 5.02. The second-order valence-corrected chi connectivity index (χ2v) is 4.14. The Morgan fingerprint density at radius 2 is 2.17 bits per heavy atom. The highest BCUT2D eigenvalue weighted by atomic mass is 32.2. The molecule has 0 bridgehead atoms. The molecule has 0 spiro atoms. The van der Waals surface area contributed by atoms with Crippen LogP contribution in [0.25, 0.3) is 0 Å². The van der Waals surface area contributed by atoms with E-state index in [4.69, 9.17) is 5.73 Å². The number of halogens is 3. The fraction of sp³-hybridized carbons (Fsp3) is 1.00. The summed E-state index contributed by atoms with van der Waals surface area (Å²) >= 11 is 1.23. The van der Waals surface area contributed by atoms with Gasteiger partial charge in [0, 0.05) is 5.75 Å². The highest BCUT2D eigenvalue weighted by Crippen LogP contribution is 2.41. The van der Waals surface area contributed by atoms with Crippen molar-refractivity contribution in [3.8, 4) is 0 Å². The van der Waals surface area contributed by atoms with Gasteiger partial charge in [0.15, 0.2) is 5.67 Å². The van der Waals surface area contributed by atoms with Crippen LogP contribution < -0.4 is 5.73 Å². The summed E-state index contributed by atoms with van der Waals surface area (Å²) in [7, 11) is 0. The first-order valence-electron chi connectivity index (χ1n) is 3.86. The van der Waals surface area contributed by atoms with E-state index in [1.165, 1.54) is 11.8 Å². The smallest absolute Gasteiger partial charge is 0.294 e. The molecule has 12 heavy (non-hydrogen) atoms. The summed E-state index contributed by atoms with van der Waals surface area (Å²) in [5, 5.41) is 0. The third-order valence-corrected chi connectivity index (χ3v) is 3.34. The molecule has 1 rings (SSSR count). The fourth-order valence-electron chi connectivity index (χ4n) is 1.23. The van der Waals surface area contributed by atoms with Gasteiger partial charge in [0.2, 0.25) is 0 Å². The molecule has 5 heteroatoms. The Kier molecular flexibility index (Phi) is 2.93. The van der Waals surface area contributed by atoms with Crippen LogP contribution in [0.1, 0.15) is 12.8 Å². The zero-order valence-electron chi connectivity index (χ0n) is 6.66. The normalized spacial score (nSPS) is 32.0. The zero-order chi connectivity index (χ0) is 9.24. The van der Waals surface area contributed by atoms with Crippen molar-refractivity contribution in [2.24, 2.45) is 5.73 Å². The van der Waals surface area contributed by atoms with Crippen LogP contribution in [0.3, 0.4) is 0 Å². The van der Waals surface area contributed by atoms with E-state index >= 15 is 0 Å². The molecule has 1 fully saturated rings. The summed E-state index contributed by atoms with van der Waals surface area (Å²) in [6.45, 7) is -0.899.